The van der Waals surface area contributed by atoms with Crippen molar-refractivity contribution in [1.29, 1.82) is 0 Å². The first-order valence-electron chi connectivity index (χ1n) is 8.92. The van der Waals surface area contributed by atoms with Gasteiger partial charge in [-0.2, -0.15) is 0 Å². The average molecular weight is 462 g/mol. The summed E-state index contributed by atoms with van der Waals surface area (Å²) in [6, 6.07) is 11.3. The van der Waals surface area contributed by atoms with Crippen LogP contribution in [0, 0.1) is 0 Å². The molecule has 4 rings (SSSR count). The summed E-state index contributed by atoms with van der Waals surface area (Å²) in [5, 5.41) is 0.922. The maximum absolute atomic E-state index is 12.8. The Morgan fingerprint density at radius 3 is 2.39 bits per heavy atom. The van der Waals surface area contributed by atoms with Gasteiger partial charge in [-0.3, -0.25) is 4.79 Å². The molecule has 1 aliphatic heterocycles. The van der Waals surface area contributed by atoms with Crippen LogP contribution in [0.15, 0.2) is 40.9 Å². The number of methoxy groups -OCH3 is 2. The van der Waals surface area contributed by atoms with Crippen molar-refractivity contribution in [2.75, 3.05) is 45.3 Å². The predicted molar refractivity (Wildman–Crippen MR) is 115 cm³/mol. The third kappa shape index (κ3) is 3.42. The summed E-state index contributed by atoms with van der Waals surface area (Å²) < 4.78 is 12.7. The highest BCUT2D eigenvalue weighted by atomic mass is 79.9. The molecule has 0 spiro atoms. The molecule has 1 aliphatic rings. The van der Waals surface area contributed by atoms with Gasteiger partial charge < -0.3 is 19.3 Å². The van der Waals surface area contributed by atoms with Crippen molar-refractivity contribution in [1.82, 2.24) is 9.88 Å². The second-order valence-corrected chi connectivity index (χ2v) is 8.24. The van der Waals surface area contributed by atoms with Crippen molar-refractivity contribution >= 4 is 48.5 Å². The molecule has 1 aromatic heterocycles. The molecule has 1 amide bonds. The largest absolute Gasteiger partial charge is 0.495 e. The van der Waals surface area contributed by atoms with Gasteiger partial charge in [0.1, 0.15) is 21.7 Å². The van der Waals surface area contributed by atoms with E-state index in [4.69, 9.17) is 14.5 Å². The zero-order valence-electron chi connectivity index (χ0n) is 15.6. The number of piperazine rings is 1. The summed E-state index contributed by atoms with van der Waals surface area (Å²) in [5.41, 5.74) is 1.51. The Bertz CT molecular complexity index is 974. The number of aromatic nitrogens is 1. The molecule has 0 aliphatic carbocycles. The number of hydrogen-bond acceptors (Lipinski definition) is 6. The monoisotopic (exact) mass is 461 g/mol. The number of carbonyl (C=O) groups is 1. The highest BCUT2D eigenvalue weighted by molar-refractivity contribution is 9.10. The summed E-state index contributed by atoms with van der Waals surface area (Å²) in [5.74, 6) is 1.59. The maximum atomic E-state index is 12.8. The topological polar surface area (TPSA) is 54.9 Å². The normalized spacial score (nSPS) is 14.4. The number of nitrogens with zero attached hydrogens (tertiary/aromatic N) is 3. The van der Waals surface area contributed by atoms with Gasteiger partial charge in [-0.15, -0.1) is 0 Å². The van der Waals surface area contributed by atoms with Crippen LogP contribution in [0.1, 0.15) is 10.4 Å². The summed E-state index contributed by atoms with van der Waals surface area (Å²) in [4.78, 5) is 21.7. The fraction of sp³-hybridized carbons (Fsp3) is 0.300. The van der Waals surface area contributed by atoms with Gasteiger partial charge >= 0.3 is 0 Å². The second-order valence-electron chi connectivity index (χ2n) is 6.40. The number of fused-ring (bicyclic) bond motifs is 1. The second kappa shape index (κ2) is 7.97. The first kappa shape index (κ1) is 19.0. The van der Waals surface area contributed by atoms with E-state index in [-0.39, 0.29) is 5.91 Å². The number of amides is 1. The van der Waals surface area contributed by atoms with Crippen molar-refractivity contribution in [2.45, 2.75) is 0 Å². The van der Waals surface area contributed by atoms with Crippen LogP contribution >= 0.6 is 27.3 Å². The van der Waals surface area contributed by atoms with E-state index in [1.54, 1.807) is 25.6 Å². The summed E-state index contributed by atoms with van der Waals surface area (Å²) in [6.07, 6.45) is 0. The van der Waals surface area contributed by atoms with Crippen LogP contribution in [0.2, 0.25) is 0 Å². The minimum atomic E-state index is 0.0553. The van der Waals surface area contributed by atoms with Gasteiger partial charge in [0.2, 0.25) is 0 Å². The summed E-state index contributed by atoms with van der Waals surface area (Å²) in [7, 11) is 3.30. The van der Waals surface area contributed by atoms with Crippen LogP contribution in [-0.4, -0.2) is 56.2 Å². The smallest absolute Gasteiger partial charge is 0.255 e. The molecule has 0 saturated carbocycles. The van der Waals surface area contributed by atoms with Crippen LogP contribution in [0.5, 0.6) is 11.5 Å². The number of thiazole rings is 1. The van der Waals surface area contributed by atoms with Crippen LogP contribution in [-0.2, 0) is 0 Å². The van der Waals surface area contributed by atoms with Crippen LogP contribution in [0.4, 0.5) is 5.13 Å². The van der Waals surface area contributed by atoms with Crippen LogP contribution < -0.4 is 14.4 Å². The van der Waals surface area contributed by atoms with Gasteiger partial charge in [0.25, 0.3) is 5.91 Å². The lowest BCUT2D eigenvalue weighted by Crippen LogP contribution is -2.48. The molecule has 0 N–H and O–H groups in total. The zero-order chi connectivity index (χ0) is 19.7. The van der Waals surface area contributed by atoms with E-state index < -0.39 is 0 Å². The molecule has 2 aromatic carbocycles. The number of halogens is 1. The van der Waals surface area contributed by atoms with E-state index in [0.29, 0.717) is 18.7 Å². The van der Waals surface area contributed by atoms with Gasteiger partial charge in [-0.1, -0.05) is 23.5 Å². The van der Waals surface area contributed by atoms with Crippen molar-refractivity contribution in [3.05, 3.63) is 46.4 Å². The van der Waals surface area contributed by atoms with E-state index in [2.05, 4.69) is 20.8 Å². The fourth-order valence-electron chi connectivity index (χ4n) is 3.32. The molecule has 1 saturated heterocycles. The van der Waals surface area contributed by atoms with E-state index in [1.807, 2.05) is 41.3 Å². The van der Waals surface area contributed by atoms with Gasteiger partial charge in [-0.05, 0) is 40.2 Å². The quantitative estimate of drug-likeness (QED) is 0.586. The molecule has 2 heterocycles. The lowest BCUT2D eigenvalue weighted by molar-refractivity contribution is 0.0746. The molecular formula is C20H20BrN3O3S. The van der Waals surface area contributed by atoms with Crippen LogP contribution in [0.3, 0.4) is 0 Å². The molecule has 0 radical (unpaired) electrons. The molecule has 3 aromatic rings. The first-order valence-corrected chi connectivity index (χ1v) is 10.5. The molecule has 0 atom stereocenters. The minimum absolute atomic E-state index is 0.0553. The Morgan fingerprint density at radius 1 is 1.04 bits per heavy atom. The molecule has 0 unspecified atom stereocenters. The number of ether oxygens (including phenoxy) is 2. The number of anilines is 1. The van der Waals surface area contributed by atoms with Crippen molar-refractivity contribution in [3.63, 3.8) is 0 Å². The maximum Gasteiger partial charge on any atom is 0.255 e. The van der Waals surface area contributed by atoms with Gasteiger partial charge in [0, 0.05) is 30.7 Å². The lowest BCUT2D eigenvalue weighted by atomic mass is 10.2. The Balaban J connectivity index is 1.52. The van der Waals surface area contributed by atoms with Crippen molar-refractivity contribution < 1.29 is 14.3 Å². The number of rotatable bonds is 4. The Hall–Kier alpha value is -2.32. The first-order chi connectivity index (χ1) is 13.6. The lowest BCUT2D eigenvalue weighted by Gasteiger charge is -2.34. The minimum Gasteiger partial charge on any atom is -0.495 e. The predicted octanol–water partition coefficient (Wildman–Crippen LogP) is 4.04. The van der Waals surface area contributed by atoms with E-state index in [9.17, 15) is 4.79 Å². The van der Waals surface area contributed by atoms with Crippen molar-refractivity contribution in [2.24, 2.45) is 0 Å². The Morgan fingerprint density at radius 2 is 1.71 bits per heavy atom. The number of benzene rings is 2. The molecular weight excluding hydrogens is 442 g/mol. The molecule has 1 fully saturated rings. The molecule has 6 nitrogen and oxygen atoms in total. The van der Waals surface area contributed by atoms with Crippen molar-refractivity contribution in [3.8, 4) is 11.5 Å². The highest BCUT2D eigenvalue weighted by Crippen LogP contribution is 2.40. The Labute approximate surface area is 175 Å². The van der Waals surface area contributed by atoms with Crippen LogP contribution in [0.25, 0.3) is 10.2 Å². The highest BCUT2D eigenvalue weighted by Gasteiger charge is 2.25. The molecule has 146 valence electrons. The standard InChI is InChI=1S/C20H20BrN3O3S/c1-26-15-7-8-16(27-2)18-17(15)22-20(28-18)24-11-9-23(10-12-24)19(25)13-5-3-4-6-14(13)21/h3-8H,9-12H2,1-2H3. The Kier molecular flexibility index (Phi) is 5.41. The van der Waals surface area contributed by atoms with E-state index in [0.717, 1.165) is 44.4 Å². The van der Waals surface area contributed by atoms with E-state index >= 15 is 0 Å². The average Bonchev–Trinajstić information content (AvgIpc) is 3.18. The third-order valence-corrected chi connectivity index (χ3v) is 6.66. The van der Waals surface area contributed by atoms with Gasteiger partial charge in [-0.25, -0.2) is 4.98 Å². The summed E-state index contributed by atoms with van der Waals surface area (Å²) in [6.45, 7) is 2.79. The number of carbonyl (C=O) groups excluding carboxylic acids is 1. The molecule has 8 heteroatoms. The van der Waals surface area contributed by atoms with Gasteiger partial charge in [0.15, 0.2) is 5.13 Å². The van der Waals surface area contributed by atoms with Gasteiger partial charge in [0.05, 0.1) is 19.8 Å². The number of hydrogen-bond donors (Lipinski definition) is 0. The fourth-order valence-corrected chi connectivity index (χ4v) is 4.90. The zero-order valence-corrected chi connectivity index (χ0v) is 18.0. The SMILES string of the molecule is COc1ccc(OC)c2sc(N3CCN(C(=O)c4ccccc4Br)CC3)nc12. The molecule has 28 heavy (non-hydrogen) atoms. The summed E-state index contributed by atoms with van der Waals surface area (Å²) >= 11 is 5.06. The molecule has 0 bridgehead atoms. The third-order valence-electron chi connectivity index (χ3n) is 4.84. The van der Waals surface area contributed by atoms with E-state index in [1.165, 1.54) is 0 Å².